The van der Waals surface area contributed by atoms with Crippen LogP contribution in [-0.2, 0) is 30.3 Å². The van der Waals surface area contributed by atoms with E-state index in [4.69, 9.17) is 18.9 Å². The molecule has 0 aromatic heterocycles. The van der Waals surface area contributed by atoms with Crippen molar-refractivity contribution in [3.8, 4) is 17.2 Å². The summed E-state index contributed by atoms with van der Waals surface area (Å²) < 4.78 is 21.4. The number of aliphatic hydroxyl groups excluding tert-OH is 1. The topological polar surface area (TPSA) is 164 Å². The predicted molar refractivity (Wildman–Crippen MR) is 159 cm³/mol. The molecule has 0 radical (unpaired) electrons. The first-order chi connectivity index (χ1) is 21.0. The van der Waals surface area contributed by atoms with Crippen LogP contribution in [0.5, 0.6) is 17.2 Å². The molecule has 2 unspecified atom stereocenters. The fraction of sp³-hybridized carbons (Fsp3) is 0.419. The first kappa shape index (κ1) is 33.9. The molecule has 0 saturated carbocycles. The average Bonchev–Trinajstić information content (AvgIpc) is 3.00. The monoisotopic (exact) mass is 613 g/mol. The Bertz CT molecular complexity index is 1350. The third-order valence-electron chi connectivity index (χ3n) is 7.10. The molecule has 0 spiro atoms. The summed E-state index contributed by atoms with van der Waals surface area (Å²) in [5.74, 6) is -2.77. The summed E-state index contributed by atoms with van der Waals surface area (Å²) in [6.45, 7) is 2.70. The van der Waals surface area contributed by atoms with Gasteiger partial charge in [-0.3, -0.25) is 19.3 Å². The molecule has 13 nitrogen and oxygen atoms in total. The third-order valence-corrected chi connectivity index (χ3v) is 7.10. The van der Waals surface area contributed by atoms with Gasteiger partial charge in [-0.05, 0) is 30.0 Å². The van der Waals surface area contributed by atoms with Crippen molar-refractivity contribution in [1.82, 2.24) is 15.1 Å². The second-order valence-electron chi connectivity index (χ2n) is 10.4. The number of aliphatic carboxylic acids is 1. The standard InChI is InChI=1S/C31H39N3O10/c1-18(2)27-30(38)33(16-25(35)32-21(28(37)31(39)40)12-19-10-8-7-9-11-19)22(15-34(27)26(36)17-41-3)20-13-23(42-4)29(44-6)24(14-20)43-5/h7-11,13-15,18,21,27-28,37H,12,16-17H2,1-6H3,(H,32,35)(H,39,40)/t21-,27?,28?/m0/s1. The second-order valence-corrected chi connectivity index (χ2v) is 10.4. The van der Waals surface area contributed by atoms with Crippen molar-refractivity contribution in [1.29, 1.82) is 0 Å². The number of hydrogen-bond acceptors (Lipinski definition) is 9. The highest BCUT2D eigenvalue weighted by Gasteiger charge is 2.41. The Balaban J connectivity index is 2.09. The van der Waals surface area contributed by atoms with Gasteiger partial charge in [-0.1, -0.05) is 44.2 Å². The van der Waals surface area contributed by atoms with E-state index >= 15 is 0 Å². The fourth-order valence-electron chi connectivity index (χ4n) is 5.01. The van der Waals surface area contributed by atoms with Gasteiger partial charge in [-0.25, -0.2) is 4.79 Å². The highest BCUT2D eigenvalue weighted by molar-refractivity contribution is 6.00. The largest absolute Gasteiger partial charge is 0.493 e. The maximum absolute atomic E-state index is 14.1. The minimum absolute atomic E-state index is 0.0253. The summed E-state index contributed by atoms with van der Waals surface area (Å²) in [4.78, 5) is 54.9. The van der Waals surface area contributed by atoms with E-state index in [1.807, 2.05) is 0 Å². The lowest BCUT2D eigenvalue weighted by atomic mass is 9.96. The molecule has 2 aromatic carbocycles. The molecule has 3 rings (SSSR count). The van der Waals surface area contributed by atoms with E-state index < -0.39 is 48.4 Å². The molecule has 0 fully saturated rings. The van der Waals surface area contributed by atoms with Gasteiger partial charge in [0.15, 0.2) is 17.6 Å². The third kappa shape index (κ3) is 7.66. The molecule has 238 valence electrons. The Morgan fingerprint density at radius 1 is 0.977 bits per heavy atom. The molecule has 1 aliphatic heterocycles. The summed E-state index contributed by atoms with van der Waals surface area (Å²) in [7, 11) is 5.66. The van der Waals surface area contributed by atoms with Gasteiger partial charge >= 0.3 is 5.97 Å². The molecular formula is C31H39N3O10. The first-order valence-electron chi connectivity index (χ1n) is 13.8. The van der Waals surface area contributed by atoms with E-state index in [-0.39, 0.29) is 36.1 Å². The summed E-state index contributed by atoms with van der Waals surface area (Å²) in [5.41, 5.74) is 1.23. The van der Waals surface area contributed by atoms with Crippen LogP contribution in [0.1, 0.15) is 25.0 Å². The van der Waals surface area contributed by atoms with Crippen molar-refractivity contribution < 1.29 is 48.3 Å². The van der Waals surface area contributed by atoms with Crippen LogP contribution in [0.15, 0.2) is 48.7 Å². The van der Waals surface area contributed by atoms with Gasteiger partial charge in [0.05, 0.1) is 33.1 Å². The smallest absolute Gasteiger partial charge is 0.334 e. The number of carboxylic acids is 1. The molecule has 1 aliphatic rings. The summed E-state index contributed by atoms with van der Waals surface area (Å²) >= 11 is 0. The Morgan fingerprint density at radius 3 is 2.09 bits per heavy atom. The number of amides is 3. The number of carbonyl (C=O) groups is 4. The molecule has 2 aromatic rings. The van der Waals surface area contributed by atoms with Crippen molar-refractivity contribution in [2.45, 2.75) is 38.5 Å². The number of nitrogens with zero attached hydrogens (tertiary/aromatic N) is 2. The fourth-order valence-corrected chi connectivity index (χ4v) is 5.01. The molecule has 0 saturated heterocycles. The van der Waals surface area contributed by atoms with Crippen LogP contribution >= 0.6 is 0 Å². The minimum Gasteiger partial charge on any atom is -0.493 e. The SMILES string of the molecule is COCC(=O)N1C=C(c2cc(OC)c(OC)c(OC)c2)N(CC(=O)N[C@@H](Cc2ccccc2)C(O)C(=O)O)C(=O)C1C(C)C. The minimum atomic E-state index is -1.91. The predicted octanol–water partition coefficient (Wildman–Crippen LogP) is 1.53. The number of rotatable bonds is 14. The van der Waals surface area contributed by atoms with Gasteiger partial charge in [0, 0.05) is 18.9 Å². The number of carboxylic acid groups (broad SMARTS) is 1. The zero-order valence-corrected chi connectivity index (χ0v) is 25.6. The van der Waals surface area contributed by atoms with Gasteiger partial charge in [0.2, 0.25) is 11.7 Å². The van der Waals surface area contributed by atoms with E-state index in [9.17, 15) is 29.4 Å². The summed E-state index contributed by atoms with van der Waals surface area (Å²) in [5, 5.41) is 22.5. The maximum Gasteiger partial charge on any atom is 0.334 e. The Hall–Kier alpha value is -4.62. The van der Waals surface area contributed by atoms with Crippen molar-refractivity contribution in [3.63, 3.8) is 0 Å². The van der Waals surface area contributed by atoms with Crippen LogP contribution in [0.3, 0.4) is 0 Å². The van der Waals surface area contributed by atoms with Gasteiger partial charge in [0.1, 0.15) is 19.2 Å². The lowest BCUT2D eigenvalue weighted by Crippen LogP contribution is -2.58. The number of ether oxygens (including phenoxy) is 4. The molecule has 1 heterocycles. The van der Waals surface area contributed by atoms with Crippen LogP contribution in [0.4, 0.5) is 0 Å². The Kier molecular flexibility index (Phi) is 11.7. The summed E-state index contributed by atoms with van der Waals surface area (Å²) in [6.07, 6.45) is -0.418. The van der Waals surface area contributed by atoms with Gasteiger partial charge < -0.3 is 39.4 Å². The molecule has 0 bridgehead atoms. The number of carbonyl (C=O) groups excluding carboxylic acids is 3. The van der Waals surface area contributed by atoms with Crippen LogP contribution in [0.2, 0.25) is 0 Å². The van der Waals surface area contributed by atoms with E-state index in [0.29, 0.717) is 16.9 Å². The summed E-state index contributed by atoms with van der Waals surface area (Å²) in [6, 6.07) is 9.76. The van der Waals surface area contributed by atoms with Crippen molar-refractivity contribution in [3.05, 3.63) is 59.8 Å². The molecule has 3 atom stereocenters. The van der Waals surface area contributed by atoms with Gasteiger partial charge in [-0.2, -0.15) is 0 Å². The van der Waals surface area contributed by atoms with Crippen LogP contribution in [0.25, 0.3) is 5.70 Å². The van der Waals surface area contributed by atoms with E-state index in [1.165, 1.54) is 44.4 Å². The Labute approximate surface area is 255 Å². The highest BCUT2D eigenvalue weighted by Crippen LogP contribution is 2.41. The second kappa shape index (κ2) is 15.2. The zero-order valence-electron chi connectivity index (χ0n) is 25.6. The van der Waals surface area contributed by atoms with Gasteiger partial charge in [-0.15, -0.1) is 0 Å². The number of aliphatic hydroxyl groups is 1. The lowest BCUT2D eigenvalue weighted by Gasteiger charge is -2.41. The van der Waals surface area contributed by atoms with Crippen molar-refractivity contribution in [2.24, 2.45) is 5.92 Å². The number of benzene rings is 2. The molecule has 3 amide bonds. The quantitative estimate of drug-likeness (QED) is 0.285. The van der Waals surface area contributed by atoms with Crippen molar-refractivity contribution >= 4 is 29.4 Å². The maximum atomic E-state index is 14.1. The lowest BCUT2D eigenvalue weighted by molar-refractivity contribution is -0.149. The zero-order chi connectivity index (χ0) is 32.6. The van der Waals surface area contributed by atoms with Crippen LogP contribution in [-0.4, -0.2) is 103 Å². The normalized spacial score (nSPS) is 16.2. The number of methoxy groups -OCH3 is 4. The molecule has 13 heteroatoms. The first-order valence-corrected chi connectivity index (χ1v) is 13.8. The number of hydrogen-bond donors (Lipinski definition) is 3. The van der Waals surface area contributed by atoms with Crippen LogP contribution in [0, 0.1) is 5.92 Å². The van der Waals surface area contributed by atoms with E-state index in [0.717, 1.165) is 0 Å². The molecule has 3 N–H and O–H groups in total. The average molecular weight is 614 g/mol. The van der Waals surface area contributed by atoms with E-state index in [1.54, 1.807) is 56.3 Å². The molecular weight excluding hydrogens is 574 g/mol. The van der Waals surface area contributed by atoms with Crippen LogP contribution < -0.4 is 19.5 Å². The van der Waals surface area contributed by atoms with Gasteiger partial charge in [0.25, 0.3) is 11.8 Å². The van der Waals surface area contributed by atoms with E-state index in [2.05, 4.69) is 5.32 Å². The molecule has 0 aliphatic carbocycles. The number of nitrogens with one attached hydrogen (secondary N) is 1. The highest BCUT2D eigenvalue weighted by atomic mass is 16.5. The molecule has 44 heavy (non-hydrogen) atoms. The Morgan fingerprint density at radius 2 is 1.59 bits per heavy atom. The van der Waals surface area contributed by atoms with Crippen molar-refractivity contribution in [2.75, 3.05) is 41.6 Å².